The second-order valence-electron chi connectivity index (χ2n) is 4.84. The Kier molecular flexibility index (Phi) is 5.65. The molecule has 0 amide bonds. The summed E-state index contributed by atoms with van der Waals surface area (Å²) in [5, 5.41) is 0. The van der Waals surface area contributed by atoms with Gasteiger partial charge in [0, 0.05) is 31.2 Å². The molecule has 0 aliphatic carbocycles. The van der Waals surface area contributed by atoms with Gasteiger partial charge in [-0.3, -0.25) is 0 Å². The van der Waals surface area contributed by atoms with Crippen molar-refractivity contribution in [2.75, 3.05) is 40.8 Å². The highest BCUT2D eigenvalue weighted by atomic mass is 19.1. The first-order valence-corrected chi connectivity index (χ1v) is 5.94. The highest BCUT2D eigenvalue weighted by molar-refractivity contribution is 5.22. The third-order valence-electron chi connectivity index (χ3n) is 2.79. The first-order valence-electron chi connectivity index (χ1n) is 5.94. The maximum Gasteiger partial charge on any atom is 0.128 e. The quantitative estimate of drug-likeness (QED) is 0.837. The van der Waals surface area contributed by atoms with Gasteiger partial charge >= 0.3 is 0 Å². The molecule has 1 unspecified atom stereocenters. The Balaban J connectivity index is 2.58. The molecule has 0 saturated carbocycles. The van der Waals surface area contributed by atoms with Crippen LogP contribution in [0.2, 0.25) is 0 Å². The number of hydrogen-bond donors (Lipinski definition) is 1. The van der Waals surface area contributed by atoms with Crippen LogP contribution < -0.4 is 5.73 Å². The van der Waals surface area contributed by atoms with Crippen LogP contribution in [0.1, 0.15) is 11.6 Å². The van der Waals surface area contributed by atoms with E-state index in [-0.39, 0.29) is 5.56 Å². The molecule has 0 spiro atoms. The van der Waals surface area contributed by atoms with Crippen LogP contribution in [0.15, 0.2) is 18.2 Å². The molecule has 0 aromatic heterocycles. The van der Waals surface area contributed by atoms with Crippen LogP contribution in [0.3, 0.4) is 0 Å². The third-order valence-corrected chi connectivity index (χ3v) is 2.79. The highest BCUT2D eigenvalue weighted by Gasteiger charge is 2.14. The zero-order valence-corrected chi connectivity index (χ0v) is 11.2. The van der Waals surface area contributed by atoms with E-state index in [9.17, 15) is 8.78 Å². The van der Waals surface area contributed by atoms with Crippen LogP contribution in [0.4, 0.5) is 8.78 Å². The zero-order valence-electron chi connectivity index (χ0n) is 11.2. The molecule has 0 heterocycles. The van der Waals surface area contributed by atoms with E-state index in [2.05, 4.69) is 4.90 Å². The van der Waals surface area contributed by atoms with Gasteiger partial charge in [0.05, 0.1) is 0 Å². The molecule has 1 rings (SSSR count). The van der Waals surface area contributed by atoms with Gasteiger partial charge in [-0.2, -0.15) is 0 Å². The van der Waals surface area contributed by atoms with Crippen molar-refractivity contribution >= 4 is 0 Å². The molecule has 0 aliphatic heterocycles. The Morgan fingerprint density at radius 2 is 1.83 bits per heavy atom. The van der Waals surface area contributed by atoms with Crippen molar-refractivity contribution < 1.29 is 8.78 Å². The topological polar surface area (TPSA) is 32.5 Å². The Morgan fingerprint density at radius 3 is 2.44 bits per heavy atom. The van der Waals surface area contributed by atoms with Gasteiger partial charge in [0.15, 0.2) is 0 Å². The molecule has 0 bridgehead atoms. The Bertz CT molecular complexity index is 382. The number of hydrogen-bond acceptors (Lipinski definition) is 3. The molecule has 1 aromatic rings. The summed E-state index contributed by atoms with van der Waals surface area (Å²) >= 11 is 0. The van der Waals surface area contributed by atoms with Gasteiger partial charge in [-0.15, -0.1) is 0 Å². The lowest BCUT2D eigenvalue weighted by molar-refractivity contribution is 0.268. The molecule has 18 heavy (non-hydrogen) atoms. The summed E-state index contributed by atoms with van der Waals surface area (Å²) < 4.78 is 26.6. The van der Waals surface area contributed by atoms with Gasteiger partial charge in [0.1, 0.15) is 11.6 Å². The van der Waals surface area contributed by atoms with Crippen molar-refractivity contribution in [1.29, 1.82) is 0 Å². The molecule has 0 radical (unpaired) electrons. The van der Waals surface area contributed by atoms with Crippen LogP contribution in [0.25, 0.3) is 0 Å². The van der Waals surface area contributed by atoms with E-state index in [1.807, 2.05) is 26.0 Å². The fourth-order valence-corrected chi connectivity index (χ4v) is 1.69. The number of rotatable bonds is 6. The van der Waals surface area contributed by atoms with E-state index < -0.39 is 17.7 Å². The smallest absolute Gasteiger partial charge is 0.128 e. The lowest BCUT2D eigenvalue weighted by atomic mass is 10.1. The summed E-state index contributed by atoms with van der Waals surface area (Å²) in [6.45, 7) is 2.22. The summed E-state index contributed by atoms with van der Waals surface area (Å²) in [5.74, 6) is -0.914. The second-order valence-corrected chi connectivity index (χ2v) is 4.84. The largest absolute Gasteiger partial charge is 0.323 e. The van der Waals surface area contributed by atoms with E-state index in [0.717, 1.165) is 25.2 Å². The van der Waals surface area contributed by atoms with E-state index in [0.29, 0.717) is 6.54 Å². The Morgan fingerprint density at radius 1 is 1.17 bits per heavy atom. The number of halogens is 2. The average Bonchev–Trinajstić information content (AvgIpc) is 2.29. The summed E-state index contributed by atoms with van der Waals surface area (Å²) in [4.78, 5) is 4.07. The number of nitrogens with two attached hydrogens (primary N) is 1. The van der Waals surface area contributed by atoms with Gasteiger partial charge in [0.25, 0.3) is 0 Å². The van der Waals surface area contributed by atoms with Gasteiger partial charge in [-0.05, 0) is 39.3 Å². The third kappa shape index (κ3) is 4.68. The van der Waals surface area contributed by atoms with Crippen LogP contribution in [0.5, 0.6) is 0 Å². The van der Waals surface area contributed by atoms with E-state index in [1.54, 1.807) is 0 Å². The van der Waals surface area contributed by atoms with Gasteiger partial charge in [-0.1, -0.05) is 0 Å². The summed E-state index contributed by atoms with van der Waals surface area (Å²) in [6, 6.07) is 2.86. The van der Waals surface area contributed by atoms with Crippen molar-refractivity contribution in [2.24, 2.45) is 5.73 Å². The monoisotopic (exact) mass is 257 g/mol. The molecule has 0 saturated heterocycles. The highest BCUT2D eigenvalue weighted by Crippen LogP contribution is 2.17. The molecule has 2 N–H and O–H groups in total. The lowest BCUT2D eigenvalue weighted by Gasteiger charge is -2.23. The van der Waals surface area contributed by atoms with Crippen molar-refractivity contribution in [2.45, 2.75) is 6.04 Å². The molecule has 0 aliphatic rings. The van der Waals surface area contributed by atoms with Crippen molar-refractivity contribution in [3.8, 4) is 0 Å². The minimum absolute atomic E-state index is 0.228. The molecular formula is C13H21F2N3. The lowest BCUT2D eigenvalue weighted by Crippen LogP contribution is -2.34. The molecule has 1 aromatic carbocycles. The number of likely N-dealkylation sites (N-methyl/N-ethyl adjacent to an activating group) is 2. The van der Waals surface area contributed by atoms with Gasteiger partial charge in [-0.25, -0.2) is 8.78 Å². The second kappa shape index (κ2) is 6.78. The van der Waals surface area contributed by atoms with E-state index in [1.165, 1.54) is 6.07 Å². The first kappa shape index (κ1) is 15.0. The molecule has 102 valence electrons. The molecular weight excluding hydrogens is 236 g/mol. The minimum atomic E-state index is -0.520. The van der Waals surface area contributed by atoms with Crippen LogP contribution in [-0.2, 0) is 0 Å². The number of nitrogens with zero attached hydrogens (tertiary/aromatic N) is 2. The normalized spacial score (nSPS) is 13.3. The summed E-state index contributed by atoms with van der Waals surface area (Å²) in [6.07, 6.45) is 0. The van der Waals surface area contributed by atoms with Gasteiger partial charge < -0.3 is 15.5 Å². The molecule has 0 fully saturated rings. The maximum absolute atomic E-state index is 13.5. The molecule has 1 atom stereocenters. The van der Waals surface area contributed by atoms with Crippen molar-refractivity contribution in [3.63, 3.8) is 0 Å². The first-order chi connectivity index (χ1) is 8.40. The van der Waals surface area contributed by atoms with Crippen molar-refractivity contribution in [1.82, 2.24) is 9.80 Å². The summed E-state index contributed by atoms with van der Waals surface area (Å²) in [5.41, 5.74) is 6.14. The predicted octanol–water partition coefficient (Wildman–Crippen LogP) is 1.46. The molecule has 5 heteroatoms. The minimum Gasteiger partial charge on any atom is -0.323 e. The van der Waals surface area contributed by atoms with Gasteiger partial charge in [0.2, 0.25) is 0 Å². The average molecular weight is 257 g/mol. The van der Waals surface area contributed by atoms with Crippen LogP contribution in [0, 0.1) is 11.6 Å². The summed E-state index contributed by atoms with van der Waals surface area (Å²) in [7, 11) is 5.89. The number of benzene rings is 1. The SMILES string of the molecule is CN(C)CCN(C)CC(N)c1cc(F)ccc1F. The molecule has 3 nitrogen and oxygen atoms in total. The maximum atomic E-state index is 13.5. The predicted molar refractivity (Wildman–Crippen MR) is 69.3 cm³/mol. The van der Waals surface area contributed by atoms with E-state index >= 15 is 0 Å². The standard InChI is InChI=1S/C13H21F2N3/c1-17(2)6-7-18(3)9-13(16)11-8-10(14)4-5-12(11)15/h4-5,8,13H,6-7,9,16H2,1-3H3. The fourth-order valence-electron chi connectivity index (χ4n) is 1.69. The fraction of sp³-hybridized carbons (Fsp3) is 0.538. The Labute approximate surface area is 107 Å². The van der Waals surface area contributed by atoms with Crippen LogP contribution in [-0.4, -0.2) is 50.6 Å². The van der Waals surface area contributed by atoms with Crippen LogP contribution >= 0.6 is 0 Å². The van der Waals surface area contributed by atoms with E-state index in [4.69, 9.17) is 5.73 Å². The zero-order chi connectivity index (χ0) is 13.7. The Hall–Kier alpha value is -1.04. The van der Waals surface area contributed by atoms with Crippen molar-refractivity contribution in [3.05, 3.63) is 35.4 Å².